The fraction of sp³-hybridized carbons (Fsp3) is 0.435. The molecule has 0 aromatic carbocycles. The second-order valence-corrected chi connectivity index (χ2v) is 9.01. The van der Waals surface area contributed by atoms with Crippen molar-refractivity contribution in [1.82, 2.24) is 51.2 Å². The second-order valence-electron chi connectivity index (χ2n) is 9.01. The van der Waals surface area contributed by atoms with Gasteiger partial charge in [-0.15, -0.1) is 0 Å². The summed E-state index contributed by atoms with van der Waals surface area (Å²) in [5, 5.41) is 20.7. The molecule has 0 saturated carbocycles. The molecule has 3 aromatic heterocycles. The average Bonchev–Trinajstić information content (AvgIpc) is 3.70. The number of carboxylic acids is 1. The van der Waals surface area contributed by atoms with Gasteiger partial charge in [-0.3, -0.25) is 14.4 Å². The number of imidazole rings is 3. The quantitative estimate of drug-likeness (QED) is 0.125. The van der Waals surface area contributed by atoms with Gasteiger partial charge in [-0.05, 0) is 19.4 Å². The molecule has 1 saturated heterocycles. The molecule has 1 aliphatic rings. The first-order valence-electron chi connectivity index (χ1n) is 12.2. The predicted molar refractivity (Wildman–Crippen MR) is 131 cm³/mol. The van der Waals surface area contributed by atoms with Gasteiger partial charge in [0, 0.05) is 54.9 Å². The van der Waals surface area contributed by atoms with Gasteiger partial charge in [-0.25, -0.2) is 19.7 Å². The summed E-state index contributed by atoms with van der Waals surface area (Å²) in [5.41, 5.74) is 1.69. The molecule has 0 aliphatic carbocycles. The normalized spacial score (nSPS) is 17.3. The highest BCUT2D eigenvalue weighted by Gasteiger charge is 2.32. The van der Waals surface area contributed by atoms with Crippen molar-refractivity contribution in [1.29, 1.82) is 0 Å². The van der Waals surface area contributed by atoms with Crippen LogP contribution in [-0.4, -0.2) is 89.4 Å². The predicted octanol–water partition coefficient (Wildman–Crippen LogP) is -1.83. The molecule has 3 amide bonds. The molecule has 1 fully saturated rings. The molecule has 0 bridgehead atoms. The summed E-state index contributed by atoms with van der Waals surface area (Å²) in [5.74, 6) is -2.87. The van der Waals surface area contributed by atoms with Gasteiger partial charge in [0.1, 0.15) is 18.1 Å². The van der Waals surface area contributed by atoms with Crippen LogP contribution in [0.2, 0.25) is 0 Å². The number of hydrogen-bond acceptors (Lipinski definition) is 8. The molecule has 0 radical (unpaired) electrons. The molecule has 38 heavy (non-hydrogen) atoms. The van der Waals surface area contributed by atoms with Crippen LogP contribution >= 0.6 is 0 Å². The SMILES string of the molecule is O=C(O)C(Cc1cnc[nH]1)NC(=O)C(Cc1cnc[nH]1)NC(=O)C(Cc1cnc[nH]1)NC(=O)C1CCCN1. The fourth-order valence-corrected chi connectivity index (χ4v) is 4.19. The lowest BCUT2D eigenvalue weighted by atomic mass is 10.1. The Morgan fingerprint density at radius 2 is 1.26 bits per heavy atom. The molecule has 4 unspecified atom stereocenters. The van der Waals surface area contributed by atoms with E-state index in [-0.39, 0.29) is 25.2 Å². The first-order valence-corrected chi connectivity index (χ1v) is 12.2. The molecule has 15 nitrogen and oxygen atoms in total. The lowest BCUT2D eigenvalue weighted by Crippen LogP contribution is -2.58. The third-order valence-corrected chi connectivity index (χ3v) is 6.19. The topological polar surface area (TPSA) is 223 Å². The van der Waals surface area contributed by atoms with Gasteiger partial charge < -0.3 is 41.3 Å². The Kier molecular flexibility index (Phi) is 8.81. The number of aliphatic carboxylic acids is 1. The third kappa shape index (κ3) is 7.25. The number of carboxylic acid groups (broad SMARTS) is 1. The van der Waals surface area contributed by atoms with Crippen molar-refractivity contribution in [2.24, 2.45) is 0 Å². The van der Waals surface area contributed by atoms with Crippen LogP contribution in [-0.2, 0) is 38.4 Å². The molecule has 15 heteroatoms. The van der Waals surface area contributed by atoms with Crippen LogP contribution in [0, 0.1) is 0 Å². The van der Waals surface area contributed by atoms with E-state index in [4.69, 9.17) is 0 Å². The Balaban J connectivity index is 1.49. The smallest absolute Gasteiger partial charge is 0.326 e. The highest BCUT2D eigenvalue weighted by atomic mass is 16.4. The van der Waals surface area contributed by atoms with Gasteiger partial charge in [-0.1, -0.05) is 0 Å². The van der Waals surface area contributed by atoms with E-state index in [9.17, 15) is 24.3 Å². The van der Waals surface area contributed by atoms with Crippen molar-refractivity contribution in [3.63, 3.8) is 0 Å². The Labute approximate surface area is 217 Å². The average molecular weight is 527 g/mol. The third-order valence-electron chi connectivity index (χ3n) is 6.19. The van der Waals surface area contributed by atoms with E-state index < -0.39 is 42.0 Å². The van der Waals surface area contributed by atoms with E-state index in [1.807, 2.05) is 0 Å². The molecule has 4 rings (SSSR count). The maximum absolute atomic E-state index is 13.4. The molecular weight excluding hydrogens is 496 g/mol. The second kappa shape index (κ2) is 12.6. The largest absolute Gasteiger partial charge is 0.480 e. The number of nitrogens with one attached hydrogen (secondary N) is 7. The zero-order chi connectivity index (χ0) is 26.9. The minimum absolute atomic E-state index is 0.0167. The number of aromatic nitrogens is 6. The van der Waals surface area contributed by atoms with Crippen molar-refractivity contribution < 1.29 is 24.3 Å². The van der Waals surface area contributed by atoms with Gasteiger partial charge in [-0.2, -0.15) is 0 Å². The van der Waals surface area contributed by atoms with Crippen LogP contribution in [0.3, 0.4) is 0 Å². The molecule has 3 aromatic rings. The minimum Gasteiger partial charge on any atom is -0.480 e. The molecule has 1 aliphatic heterocycles. The summed E-state index contributed by atoms with van der Waals surface area (Å²) in [6.45, 7) is 0.714. The number of carbonyl (C=O) groups excluding carboxylic acids is 3. The van der Waals surface area contributed by atoms with Gasteiger partial charge in [0.15, 0.2) is 0 Å². The van der Waals surface area contributed by atoms with Crippen molar-refractivity contribution in [3.8, 4) is 0 Å². The maximum Gasteiger partial charge on any atom is 0.326 e. The molecule has 202 valence electrons. The summed E-state index contributed by atoms with van der Waals surface area (Å²) in [6.07, 6.45) is 10.4. The van der Waals surface area contributed by atoms with Gasteiger partial charge in [0.25, 0.3) is 0 Å². The Morgan fingerprint density at radius 3 is 1.68 bits per heavy atom. The molecule has 4 heterocycles. The number of amides is 3. The highest BCUT2D eigenvalue weighted by Crippen LogP contribution is 2.08. The number of hydrogen-bond donors (Lipinski definition) is 8. The standard InChI is InChI=1S/C23H30N10O5/c34-20(16-2-1-3-27-16)31-17(4-13-7-24-10-28-13)21(35)32-18(5-14-8-25-11-29-14)22(36)33-19(23(37)38)6-15-9-26-12-30-15/h7-12,16-19,27H,1-6H2,(H,24,28)(H,25,29)(H,26,30)(H,31,34)(H,32,35)(H,33,36)(H,37,38). The number of carbonyl (C=O) groups is 4. The van der Waals surface area contributed by atoms with E-state index in [0.717, 1.165) is 6.42 Å². The summed E-state index contributed by atoms with van der Waals surface area (Å²) < 4.78 is 0. The summed E-state index contributed by atoms with van der Waals surface area (Å²) in [6, 6.07) is -3.84. The minimum atomic E-state index is -1.27. The Bertz CT molecular complexity index is 1190. The molecule has 0 spiro atoms. The number of H-pyrrole nitrogens is 3. The number of nitrogens with zero attached hydrogens (tertiary/aromatic N) is 3. The van der Waals surface area contributed by atoms with Crippen molar-refractivity contribution >= 4 is 23.7 Å². The van der Waals surface area contributed by atoms with E-state index in [0.29, 0.717) is 30.0 Å². The highest BCUT2D eigenvalue weighted by molar-refractivity contribution is 5.94. The van der Waals surface area contributed by atoms with E-state index >= 15 is 0 Å². The molecule has 8 N–H and O–H groups in total. The number of aromatic amines is 3. The maximum atomic E-state index is 13.4. The van der Waals surface area contributed by atoms with Crippen LogP contribution in [0.25, 0.3) is 0 Å². The summed E-state index contributed by atoms with van der Waals surface area (Å²) >= 11 is 0. The molecular formula is C23H30N10O5. The molecule has 4 atom stereocenters. The Morgan fingerprint density at radius 1 is 0.789 bits per heavy atom. The Hall–Kier alpha value is -4.53. The van der Waals surface area contributed by atoms with Gasteiger partial charge in [0.2, 0.25) is 17.7 Å². The monoisotopic (exact) mass is 526 g/mol. The zero-order valence-corrected chi connectivity index (χ0v) is 20.4. The zero-order valence-electron chi connectivity index (χ0n) is 20.4. The van der Waals surface area contributed by atoms with Crippen molar-refractivity contribution in [2.45, 2.75) is 56.3 Å². The van der Waals surface area contributed by atoms with E-state index in [1.165, 1.54) is 31.4 Å². The first-order chi connectivity index (χ1) is 18.4. The van der Waals surface area contributed by atoms with Crippen LogP contribution in [0.5, 0.6) is 0 Å². The fourth-order valence-electron chi connectivity index (χ4n) is 4.19. The van der Waals surface area contributed by atoms with E-state index in [1.54, 1.807) is 6.20 Å². The number of rotatable bonds is 13. The van der Waals surface area contributed by atoms with E-state index in [2.05, 4.69) is 51.2 Å². The van der Waals surface area contributed by atoms with Crippen LogP contribution < -0.4 is 21.3 Å². The first kappa shape index (κ1) is 26.5. The van der Waals surface area contributed by atoms with Gasteiger partial charge in [0.05, 0.1) is 25.0 Å². The van der Waals surface area contributed by atoms with Gasteiger partial charge >= 0.3 is 5.97 Å². The van der Waals surface area contributed by atoms with Crippen molar-refractivity contribution in [3.05, 3.63) is 54.7 Å². The van der Waals surface area contributed by atoms with Crippen molar-refractivity contribution in [2.75, 3.05) is 6.54 Å². The summed E-state index contributed by atoms with van der Waals surface area (Å²) in [4.78, 5) is 71.7. The lowest BCUT2D eigenvalue weighted by molar-refractivity contribution is -0.142. The van der Waals surface area contributed by atoms with Crippen LogP contribution in [0.1, 0.15) is 29.9 Å². The van der Waals surface area contributed by atoms with Crippen LogP contribution in [0.4, 0.5) is 0 Å². The van der Waals surface area contributed by atoms with Crippen LogP contribution in [0.15, 0.2) is 37.6 Å². The lowest BCUT2D eigenvalue weighted by Gasteiger charge is -2.25. The summed E-state index contributed by atoms with van der Waals surface area (Å²) in [7, 11) is 0.